The second-order valence-electron chi connectivity index (χ2n) is 5.93. The molecule has 1 aliphatic rings. The summed E-state index contributed by atoms with van der Waals surface area (Å²) in [4.78, 5) is 26.3. The maximum absolute atomic E-state index is 12.4. The van der Waals surface area contributed by atoms with E-state index in [1.165, 1.54) is 0 Å². The highest BCUT2D eigenvalue weighted by molar-refractivity contribution is 9.10. The fraction of sp³-hybridized carbons (Fsp3) is 0.375. The molecule has 1 aliphatic heterocycles. The van der Waals surface area contributed by atoms with Crippen molar-refractivity contribution < 1.29 is 9.59 Å². The summed E-state index contributed by atoms with van der Waals surface area (Å²) < 4.78 is 3.22. The number of benzene rings is 1. The predicted octanol–water partition coefficient (Wildman–Crippen LogP) is 1.95. The normalized spacial score (nSPS) is 17.1. The Morgan fingerprint density at radius 3 is 3.00 bits per heavy atom. The van der Waals surface area contributed by atoms with Crippen LogP contribution in [0.5, 0.6) is 0 Å². The van der Waals surface area contributed by atoms with Crippen molar-refractivity contribution in [2.75, 3.05) is 18.0 Å². The molecule has 1 fully saturated rings. The summed E-state index contributed by atoms with van der Waals surface area (Å²) in [6.07, 6.45) is 0.802. The van der Waals surface area contributed by atoms with Crippen LogP contribution in [0.1, 0.15) is 12.2 Å². The van der Waals surface area contributed by atoms with E-state index >= 15 is 0 Å². The average Bonchev–Trinajstić information content (AvgIpc) is 3.12. The van der Waals surface area contributed by atoms with Crippen molar-refractivity contribution in [1.29, 1.82) is 0 Å². The van der Waals surface area contributed by atoms with Gasteiger partial charge in [0.25, 0.3) is 0 Å². The highest BCUT2D eigenvalue weighted by atomic mass is 79.9. The molecule has 7 nitrogen and oxygen atoms in total. The summed E-state index contributed by atoms with van der Waals surface area (Å²) in [6.45, 7) is 0.849. The Bertz CT molecular complexity index is 862. The standard InChI is InChI=1S/C16H18BrN5O2S/c1-21-13(19-20-16(21)25)5-6-18-15(24)10-7-14(23)22(9-10)12-4-2-3-11(17)8-12/h2-4,8,10H,5-7,9H2,1H3,(H,18,24)(H,20,25). The Morgan fingerprint density at radius 2 is 2.32 bits per heavy atom. The van der Waals surface area contributed by atoms with Gasteiger partial charge in [-0.15, -0.1) is 0 Å². The van der Waals surface area contributed by atoms with E-state index < -0.39 is 0 Å². The van der Waals surface area contributed by atoms with Crippen LogP contribution in [0.2, 0.25) is 0 Å². The number of halogens is 1. The summed E-state index contributed by atoms with van der Waals surface area (Å²) in [5.41, 5.74) is 0.802. The molecular weight excluding hydrogens is 406 g/mol. The first kappa shape index (κ1) is 17.8. The number of nitrogens with zero attached hydrogens (tertiary/aromatic N) is 3. The number of H-pyrrole nitrogens is 1. The lowest BCUT2D eigenvalue weighted by Gasteiger charge is -2.17. The summed E-state index contributed by atoms with van der Waals surface area (Å²) in [6, 6.07) is 7.52. The zero-order chi connectivity index (χ0) is 18.0. The Balaban J connectivity index is 1.56. The molecule has 3 rings (SSSR count). The smallest absolute Gasteiger partial charge is 0.227 e. The fourth-order valence-electron chi connectivity index (χ4n) is 2.82. The van der Waals surface area contributed by atoms with Crippen molar-refractivity contribution in [1.82, 2.24) is 20.1 Å². The average molecular weight is 424 g/mol. The Hall–Kier alpha value is -2.00. The van der Waals surface area contributed by atoms with E-state index in [1.807, 2.05) is 31.3 Å². The van der Waals surface area contributed by atoms with Gasteiger partial charge in [0.15, 0.2) is 4.77 Å². The van der Waals surface area contributed by atoms with Crippen LogP contribution in [-0.2, 0) is 23.1 Å². The van der Waals surface area contributed by atoms with Crippen LogP contribution in [0.15, 0.2) is 28.7 Å². The lowest BCUT2D eigenvalue weighted by atomic mass is 10.1. The van der Waals surface area contributed by atoms with E-state index in [9.17, 15) is 9.59 Å². The van der Waals surface area contributed by atoms with Crippen molar-refractivity contribution in [3.63, 3.8) is 0 Å². The molecule has 0 aliphatic carbocycles. The third-order valence-corrected chi connectivity index (χ3v) is 5.09. The van der Waals surface area contributed by atoms with Gasteiger partial charge in [0.2, 0.25) is 11.8 Å². The molecule has 0 spiro atoms. The first-order valence-corrected chi connectivity index (χ1v) is 9.09. The third kappa shape index (κ3) is 3.98. The molecule has 1 unspecified atom stereocenters. The van der Waals surface area contributed by atoms with E-state index in [0.717, 1.165) is 16.0 Å². The van der Waals surface area contributed by atoms with Gasteiger partial charge in [0.1, 0.15) is 5.82 Å². The number of nitrogens with one attached hydrogen (secondary N) is 2. The van der Waals surface area contributed by atoms with Crippen molar-refractivity contribution in [3.8, 4) is 0 Å². The van der Waals surface area contributed by atoms with Gasteiger partial charge in [0.05, 0.1) is 5.92 Å². The summed E-state index contributed by atoms with van der Waals surface area (Å²) in [5.74, 6) is 0.299. The molecular formula is C16H18BrN5O2S. The van der Waals surface area contributed by atoms with Crippen molar-refractivity contribution in [2.24, 2.45) is 13.0 Å². The zero-order valence-electron chi connectivity index (χ0n) is 13.7. The molecule has 1 aromatic heterocycles. The van der Waals surface area contributed by atoms with Gasteiger partial charge in [0, 0.05) is 43.1 Å². The second-order valence-corrected chi connectivity index (χ2v) is 7.23. The monoisotopic (exact) mass is 423 g/mol. The maximum Gasteiger partial charge on any atom is 0.227 e. The number of amides is 2. The first-order chi connectivity index (χ1) is 12.0. The summed E-state index contributed by atoms with van der Waals surface area (Å²) >= 11 is 8.46. The van der Waals surface area contributed by atoms with Crippen LogP contribution in [0.3, 0.4) is 0 Å². The number of hydrogen-bond acceptors (Lipinski definition) is 4. The second kappa shape index (κ2) is 7.49. The zero-order valence-corrected chi connectivity index (χ0v) is 16.1. The number of hydrogen-bond donors (Lipinski definition) is 2. The van der Waals surface area contributed by atoms with Crippen molar-refractivity contribution in [2.45, 2.75) is 12.8 Å². The molecule has 9 heteroatoms. The van der Waals surface area contributed by atoms with Gasteiger partial charge < -0.3 is 14.8 Å². The van der Waals surface area contributed by atoms with E-state index in [0.29, 0.717) is 24.3 Å². The number of aromatic nitrogens is 3. The van der Waals surface area contributed by atoms with Gasteiger partial charge in [-0.05, 0) is 30.4 Å². The minimum absolute atomic E-state index is 0.0345. The Labute approximate surface area is 158 Å². The maximum atomic E-state index is 12.4. The minimum Gasteiger partial charge on any atom is -0.355 e. The molecule has 2 N–H and O–H groups in total. The molecule has 0 saturated carbocycles. The van der Waals surface area contributed by atoms with Gasteiger partial charge in [-0.1, -0.05) is 22.0 Å². The molecule has 0 bridgehead atoms. The van der Waals surface area contributed by atoms with Crippen LogP contribution in [0.25, 0.3) is 0 Å². The highest BCUT2D eigenvalue weighted by Crippen LogP contribution is 2.27. The molecule has 0 radical (unpaired) electrons. The number of carbonyl (C=O) groups excluding carboxylic acids is 2. The fourth-order valence-corrected chi connectivity index (χ4v) is 3.36. The van der Waals surface area contributed by atoms with Gasteiger partial charge in [-0.25, -0.2) is 0 Å². The molecule has 2 aromatic rings. The summed E-state index contributed by atoms with van der Waals surface area (Å²) in [7, 11) is 1.83. The van der Waals surface area contributed by atoms with E-state index in [-0.39, 0.29) is 24.2 Å². The largest absolute Gasteiger partial charge is 0.355 e. The molecule has 25 heavy (non-hydrogen) atoms. The Morgan fingerprint density at radius 1 is 1.52 bits per heavy atom. The summed E-state index contributed by atoms with van der Waals surface area (Å²) in [5, 5.41) is 9.71. The van der Waals surface area contributed by atoms with Gasteiger partial charge >= 0.3 is 0 Å². The topological polar surface area (TPSA) is 83.0 Å². The quantitative estimate of drug-likeness (QED) is 0.719. The number of anilines is 1. The lowest BCUT2D eigenvalue weighted by molar-refractivity contribution is -0.126. The van der Waals surface area contributed by atoms with Gasteiger partial charge in [-0.3, -0.25) is 14.7 Å². The number of rotatable bonds is 5. The predicted molar refractivity (Wildman–Crippen MR) is 99.7 cm³/mol. The van der Waals surface area contributed by atoms with Gasteiger partial charge in [-0.2, -0.15) is 5.10 Å². The minimum atomic E-state index is -0.339. The van der Waals surface area contributed by atoms with E-state index in [4.69, 9.17) is 12.2 Å². The Kier molecular flexibility index (Phi) is 5.33. The van der Waals surface area contributed by atoms with Crippen molar-refractivity contribution in [3.05, 3.63) is 39.3 Å². The van der Waals surface area contributed by atoms with Crippen LogP contribution in [0, 0.1) is 10.7 Å². The molecule has 1 atom stereocenters. The lowest BCUT2D eigenvalue weighted by Crippen LogP contribution is -2.34. The van der Waals surface area contributed by atoms with E-state index in [2.05, 4.69) is 31.4 Å². The molecule has 2 amide bonds. The van der Waals surface area contributed by atoms with Crippen molar-refractivity contribution >= 4 is 45.6 Å². The van der Waals surface area contributed by atoms with Crippen LogP contribution >= 0.6 is 28.1 Å². The van der Waals surface area contributed by atoms with E-state index in [1.54, 1.807) is 9.47 Å². The highest BCUT2D eigenvalue weighted by Gasteiger charge is 2.35. The molecule has 1 aromatic carbocycles. The van der Waals surface area contributed by atoms with Crippen LogP contribution < -0.4 is 10.2 Å². The SMILES string of the molecule is Cn1c(CCNC(=O)C2CC(=O)N(c3cccc(Br)c3)C2)n[nH]c1=S. The third-order valence-electron chi connectivity index (χ3n) is 4.24. The molecule has 2 heterocycles. The number of carbonyl (C=O) groups is 2. The number of aromatic amines is 1. The molecule has 1 saturated heterocycles. The first-order valence-electron chi connectivity index (χ1n) is 7.89. The van der Waals surface area contributed by atoms with Crippen LogP contribution in [-0.4, -0.2) is 39.7 Å². The van der Waals surface area contributed by atoms with Crippen LogP contribution in [0.4, 0.5) is 5.69 Å². The molecule has 132 valence electrons.